The summed E-state index contributed by atoms with van der Waals surface area (Å²) in [6, 6.07) is 11.2. The summed E-state index contributed by atoms with van der Waals surface area (Å²) in [6.45, 7) is 0.853. The molecule has 0 bridgehead atoms. The molecule has 4 rings (SSSR count). The van der Waals surface area contributed by atoms with Gasteiger partial charge in [0.15, 0.2) is 0 Å². The van der Waals surface area contributed by atoms with Gasteiger partial charge in [0.1, 0.15) is 24.5 Å². The number of pyridine rings is 1. The third-order valence-corrected chi connectivity index (χ3v) is 4.04. The van der Waals surface area contributed by atoms with E-state index in [0.29, 0.717) is 13.2 Å². The molecule has 1 aliphatic rings. The number of imidazole rings is 1. The van der Waals surface area contributed by atoms with Crippen molar-refractivity contribution in [1.82, 2.24) is 25.2 Å². The zero-order chi connectivity index (χ0) is 17.1. The van der Waals surface area contributed by atoms with E-state index in [1.165, 1.54) is 0 Å². The summed E-state index contributed by atoms with van der Waals surface area (Å²) in [7, 11) is 0. The highest BCUT2D eigenvalue weighted by Crippen LogP contribution is 2.31. The summed E-state index contributed by atoms with van der Waals surface area (Å²) >= 11 is 0. The van der Waals surface area contributed by atoms with Crippen molar-refractivity contribution in [2.45, 2.75) is 12.6 Å². The monoisotopic (exact) mass is 335 g/mol. The molecular weight excluding hydrogens is 318 g/mol. The van der Waals surface area contributed by atoms with E-state index in [1.807, 2.05) is 47.2 Å². The Hall–Kier alpha value is -3.35. The molecule has 3 heterocycles. The van der Waals surface area contributed by atoms with Crippen LogP contribution >= 0.6 is 0 Å². The second-order valence-corrected chi connectivity index (χ2v) is 5.72. The van der Waals surface area contributed by atoms with Crippen molar-refractivity contribution >= 4 is 6.03 Å². The molecule has 0 saturated carbocycles. The number of amides is 2. The van der Waals surface area contributed by atoms with Crippen LogP contribution in [0.5, 0.6) is 5.75 Å². The molecule has 1 aromatic carbocycles. The van der Waals surface area contributed by atoms with Crippen molar-refractivity contribution in [3.05, 3.63) is 72.4 Å². The Labute approximate surface area is 144 Å². The van der Waals surface area contributed by atoms with Gasteiger partial charge in [-0.25, -0.2) is 14.8 Å². The minimum Gasteiger partial charge on any atom is -0.491 e. The van der Waals surface area contributed by atoms with Gasteiger partial charge in [-0.05, 0) is 17.7 Å². The average Bonchev–Trinajstić information content (AvgIpc) is 3.31. The minimum atomic E-state index is -0.232. The second kappa shape index (κ2) is 6.64. The van der Waals surface area contributed by atoms with Gasteiger partial charge >= 0.3 is 6.03 Å². The molecule has 3 aromatic rings. The Balaban J connectivity index is 1.32. The van der Waals surface area contributed by atoms with E-state index >= 15 is 0 Å². The van der Waals surface area contributed by atoms with Crippen LogP contribution in [0.3, 0.4) is 0 Å². The lowest BCUT2D eigenvalue weighted by molar-refractivity contribution is 0.231. The number of ether oxygens (including phenoxy) is 1. The molecule has 2 N–H and O–H groups in total. The van der Waals surface area contributed by atoms with Crippen molar-refractivity contribution in [2.75, 3.05) is 6.61 Å². The summed E-state index contributed by atoms with van der Waals surface area (Å²) in [5.41, 5.74) is 1.92. The molecule has 0 saturated heterocycles. The number of hydrogen-bond acceptors (Lipinski definition) is 4. The van der Waals surface area contributed by atoms with Crippen LogP contribution in [-0.4, -0.2) is 27.2 Å². The molecular formula is C18H17N5O2. The quantitative estimate of drug-likeness (QED) is 0.766. The normalized spacial score (nSPS) is 15.3. The Morgan fingerprint density at radius 2 is 2.20 bits per heavy atom. The van der Waals surface area contributed by atoms with E-state index in [1.54, 1.807) is 18.7 Å². The number of nitrogens with zero attached hydrogens (tertiary/aromatic N) is 3. The first-order valence-electron chi connectivity index (χ1n) is 7.99. The molecule has 2 amide bonds. The van der Waals surface area contributed by atoms with Gasteiger partial charge in [0.25, 0.3) is 0 Å². The molecule has 1 unspecified atom stereocenters. The van der Waals surface area contributed by atoms with Crippen LogP contribution in [0.25, 0.3) is 5.82 Å². The van der Waals surface area contributed by atoms with Crippen LogP contribution in [0.2, 0.25) is 0 Å². The predicted molar refractivity (Wildman–Crippen MR) is 91.4 cm³/mol. The largest absolute Gasteiger partial charge is 0.491 e. The van der Waals surface area contributed by atoms with E-state index in [9.17, 15) is 4.79 Å². The highest BCUT2D eigenvalue weighted by Gasteiger charge is 2.24. The maximum Gasteiger partial charge on any atom is 0.315 e. The van der Waals surface area contributed by atoms with Crippen LogP contribution in [0.1, 0.15) is 17.2 Å². The van der Waals surface area contributed by atoms with Crippen molar-refractivity contribution in [2.24, 2.45) is 0 Å². The van der Waals surface area contributed by atoms with Crippen LogP contribution in [0.4, 0.5) is 4.79 Å². The van der Waals surface area contributed by atoms with E-state index in [2.05, 4.69) is 20.6 Å². The van der Waals surface area contributed by atoms with E-state index in [-0.39, 0.29) is 12.1 Å². The van der Waals surface area contributed by atoms with Gasteiger partial charge in [-0.3, -0.25) is 4.57 Å². The highest BCUT2D eigenvalue weighted by molar-refractivity contribution is 5.74. The van der Waals surface area contributed by atoms with Gasteiger partial charge in [-0.1, -0.05) is 24.3 Å². The second-order valence-electron chi connectivity index (χ2n) is 5.72. The molecule has 0 aliphatic carbocycles. The van der Waals surface area contributed by atoms with E-state index < -0.39 is 0 Å². The molecule has 126 valence electrons. The van der Waals surface area contributed by atoms with E-state index in [0.717, 1.165) is 22.7 Å². The van der Waals surface area contributed by atoms with E-state index in [4.69, 9.17) is 4.74 Å². The number of carbonyl (C=O) groups excluding carboxylic acids is 1. The fourth-order valence-corrected chi connectivity index (χ4v) is 2.74. The zero-order valence-electron chi connectivity index (χ0n) is 13.4. The number of para-hydroxylation sites is 1. The SMILES string of the molecule is O=C(NCc1ccc(-n2ccnc2)nc1)NC1COc2ccccc21. The fraction of sp³-hybridized carbons (Fsp3) is 0.167. The van der Waals surface area contributed by atoms with Gasteiger partial charge in [0.2, 0.25) is 0 Å². The highest BCUT2D eigenvalue weighted by atomic mass is 16.5. The molecule has 7 nitrogen and oxygen atoms in total. The third kappa shape index (κ3) is 3.30. The van der Waals surface area contributed by atoms with Crippen molar-refractivity contribution in [3.63, 3.8) is 0 Å². The van der Waals surface area contributed by atoms with Crippen LogP contribution in [0, 0.1) is 0 Å². The Kier molecular flexibility index (Phi) is 4.04. The number of fused-ring (bicyclic) bond motifs is 1. The number of benzene rings is 1. The summed E-state index contributed by atoms with van der Waals surface area (Å²) in [5, 5.41) is 5.78. The number of urea groups is 1. The zero-order valence-corrected chi connectivity index (χ0v) is 13.4. The minimum absolute atomic E-state index is 0.127. The van der Waals surface area contributed by atoms with Gasteiger partial charge in [-0.15, -0.1) is 0 Å². The molecule has 1 aliphatic heterocycles. The summed E-state index contributed by atoms with van der Waals surface area (Å²) in [6.07, 6.45) is 6.96. The maximum absolute atomic E-state index is 12.1. The lowest BCUT2D eigenvalue weighted by Gasteiger charge is -2.13. The van der Waals surface area contributed by atoms with Gasteiger partial charge < -0.3 is 15.4 Å². The summed E-state index contributed by atoms with van der Waals surface area (Å²) < 4.78 is 7.38. The number of aromatic nitrogens is 3. The first-order chi connectivity index (χ1) is 12.3. The van der Waals surface area contributed by atoms with Gasteiger partial charge in [0.05, 0.1) is 6.04 Å². The Morgan fingerprint density at radius 1 is 1.28 bits per heavy atom. The van der Waals surface area contributed by atoms with Crippen molar-refractivity contribution in [3.8, 4) is 11.6 Å². The van der Waals surface area contributed by atoms with Gasteiger partial charge in [-0.2, -0.15) is 0 Å². The first-order valence-corrected chi connectivity index (χ1v) is 7.99. The smallest absolute Gasteiger partial charge is 0.315 e. The van der Waals surface area contributed by atoms with Crippen LogP contribution < -0.4 is 15.4 Å². The Morgan fingerprint density at radius 3 is 3.00 bits per heavy atom. The average molecular weight is 335 g/mol. The van der Waals surface area contributed by atoms with Gasteiger partial charge in [0, 0.05) is 30.7 Å². The standard InChI is InChI=1S/C18H17N5O2/c24-18(22-15-11-25-16-4-2-1-3-14(15)16)21-10-13-5-6-17(20-9-13)23-8-7-19-12-23/h1-9,12,15H,10-11H2,(H2,21,22,24). The summed E-state index contributed by atoms with van der Waals surface area (Å²) in [5.74, 6) is 1.61. The molecule has 0 radical (unpaired) electrons. The summed E-state index contributed by atoms with van der Waals surface area (Å²) in [4.78, 5) is 20.5. The van der Waals surface area contributed by atoms with Crippen LogP contribution in [-0.2, 0) is 6.54 Å². The molecule has 25 heavy (non-hydrogen) atoms. The molecule has 0 fully saturated rings. The number of hydrogen-bond donors (Lipinski definition) is 2. The molecule has 0 spiro atoms. The topological polar surface area (TPSA) is 81.1 Å². The van der Waals surface area contributed by atoms with Crippen molar-refractivity contribution < 1.29 is 9.53 Å². The number of nitrogens with one attached hydrogen (secondary N) is 2. The lowest BCUT2D eigenvalue weighted by atomic mass is 10.1. The first kappa shape index (κ1) is 15.2. The molecule has 2 aromatic heterocycles. The van der Waals surface area contributed by atoms with Crippen LogP contribution in [0.15, 0.2) is 61.3 Å². The number of carbonyl (C=O) groups is 1. The van der Waals surface area contributed by atoms with Crippen molar-refractivity contribution in [1.29, 1.82) is 0 Å². The lowest BCUT2D eigenvalue weighted by Crippen LogP contribution is -2.38. The Bertz CT molecular complexity index is 861. The molecule has 7 heteroatoms. The maximum atomic E-state index is 12.1. The number of rotatable bonds is 4. The fourth-order valence-electron chi connectivity index (χ4n) is 2.74. The third-order valence-electron chi connectivity index (χ3n) is 4.04. The molecule has 1 atom stereocenters. The predicted octanol–water partition coefficient (Wildman–Crippen LogP) is 2.20.